The highest BCUT2D eigenvalue weighted by molar-refractivity contribution is 7.19. The lowest BCUT2D eigenvalue weighted by Gasteiger charge is -2.17. The van der Waals surface area contributed by atoms with Crippen LogP contribution >= 0.6 is 11.3 Å². The second-order valence-electron chi connectivity index (χ2n) is 5.92. The van der Waals surface area contributed by atoms with Gasteiger partial charge in [0.1, 0.15) is 10.8 Å². The SMILES string of the molecule is Fc1ccc(-c2nn3c(CN4CCCCCC4)nnc3s2)cc1. The molecule has 1 aromatic carbocycles. The van der Waals surface area contributed by atoms with Crippen LogP contribution in [0.25, 0.3) is 15.5 Å². The highest BCUT2D eigenvalue weighted by Crippen LogP contribution is 2.26. The van der Waals surface area contributed by atoms with E-state index in [9.17, 15) is 4.39 Å². The summed E-state index contributed by atoms with van der Waals surface area (Å²) in [6.07, 6.45) is 5.13. The fourth-order valence-electron chi connectivity index (χ4n) is 2.96. The molecule has 0 bridgehead atoms. The van der Waals surface area contributed by atoms with Gasteiger partial charge in [0, 0.05) is 5.56 Å². The Kier molecular flexibility index (Phi) is 4.05. The predicted molar refractivity (Wildman–Crippen MR) is 87.8 cm³/mol. The fraction of sp³-hybridized carbons (Fsp3) is 0.438. The average molecular weight is 331 g/mol. The molecule has 23 heavy (non-hydrogen) atoms. The average Bonchev–Trinajstić information content (AvgIpc) is 3.02. The highest BCUT2D eigenvalue weighted by Gasteiger charge is 2.16. The smallest absolute Gasteiger partial charge is 0.235 e. The van der Waals surface area contributed by atoms with Crippen molar-refractivity contribution in [2.45, 2.75) is 32.2 Å². The molecule has 0 radical (unpaired) electrons. The molecule has 0 saturated carbocycles. The Hall–Kier alpha value is -1.86. The first-order valence-electron chi connectivity index (χ1n) is 7.99. The van der Waals surface area contributed by atoms with Crippen molar-refractivity contribution in [1.29, 1.82) is 0 Å². The number of rotatable bonds is 3. The van der Waals surface area contributed by atoms with Gasteiger partial charge in [0.15, 0.2) is 5.82 Å². The van der Waals surface area contributed by atoms with Gasteiger partial charge in [-0.1, -0.05) is 24.2 Å². The molecule has 1 saturated heterocycles. The summed E-state index contributed by atoms with van der Waals surface area (Å²) in [5.41, 5.74) is 0.905. The molecule has 1 aliphatic heterocycles. The van der Waals surface area contributed by atoms with Crippen LogP contribution in [0.1, 0.15) is 31.5 Å². The maximum atomic E-state index is 13.1. The maximum Gasteiger partial charge on any atom is 0.235 e. The molecular formula is C16H18FN5S. The topological polar surface area (TPSA) is 46.3 Å². The molecule has 0 amide bonds. The van der Waals surface area contributed by atoms with E-state index in [1.165, 1.54) is 49.2 Å². The Balaban J connectivity index is 1.60. The zero-order chi connectivity index (χ0) is 15.6. The zero-order valence-electron chi connectivity index (χ0n) is 12.8. The van der Waals surface area contributed by atoms with Crippen molar-refractivity contribution in [3.05, 3.63) is 35.9 Å². The molecule has 2 aromatic heterocycles. The molecule has 0 aliphatic carbocycles. The van der Waals surface area contributed by atoms with Crippen molar-refractivity contribution >= 4 is 16.3 Å². The highest BCUT2D eigenvalue weighted by atomic mass is 32.1. The summed E-state index contributed by atoms with van der Waals surface area (Å²) in [6, 6.07) is 6.40. The summed E-state index contributed by atoms with van der Waals surface area (Å²) in [5.74, 6) is 0.644. The van der Waals surface area contributed by atoms with Crippen LogP contribution in [0.3, 0.4) is 0 Å². The van der Waals surface area contributed by atoms with Gasteiger partial charge in [0.2, 0.25) is 4.96 Å². The summed E-state index contributed by atoms with van der Waals surface area (Å²) in [5, 5.41) is 14.0. The Morgan fingerprint density at radius 1 is 1.00 bits per heavy atom. The summed E-state index contributed by atoms with van der Waals surface area (Å²) in [7, 11) is 0. The van der Waals surface area contributed by atoms with Crippen LogP contribution in [0.5, 0.6) is 0 Å². The van der Waals surface area contributed by atoms with Gasteiger partial charge in [-0.05, 0) is 50.2 Å². The third kappa shape index (κ3) is 3.11. The molecule has 0 atom stereocenters. The molecule has 0 N–H and O–H groups in total. The molecule has 1 fully saturated rings. The van der Waals surface area contributed by atoms with Crippen LogP contribution in [0.4, 0.5) is 4.39 Å². The summed E-state index contributed by atoms with van der Waals surface area (Å²) in [4.78, 5) is 3.22. The van der Waals surface area contributed by atoms with E-state index < -0.39 is 0 Å². The van der Waals surface area contributed by atoms with Crippen LogP contribution in [0, 0.1) is 5.82 Å². The minimum Gasteiger partial charge on any atom is -0.296 e. The van der Waals surface area contributed by atoms with Gasteiger partial charge in [-0.25, -0.2) is 4.39 Å². The molecule has 120 valence electrons. The first kappa shape index (κ1) is 14.7. The monoisotopic (exact) mass is 331 g/mol. The van der Waals surface area contributed by atoms with Crippen LogP contribution in [-0.4, -0.2) is 37.8 Å². The van der Waals surface area contributed by atoms with Crippen LogP contribution < -0.4 is 0 Å². The largest absolute Gasteiger partial charge is 0.296 e. The van der Waals surface area contributed by atoms with E-state index in [0.717, 1.165) is 41.0 Å². The number of benzene rings is 1. The van der Waals surface area contributed by atoms with Crippen LogP contribution in [-0.2, 0) is 6.54 Å². The molecule has 3 aromatic rings. The number of fused-ring (bicyclic) bond motifs is 1. The fourth-order valence-corrected chi connectivity index (χ4v) is 3.82. The van der Waals surface area contributed by atoms with E-state index in [0.29, 0.717) is 0 Å². The number of aromatic nitrogens is 4. The lowest BCUT2D eigenvalue weighted by Crippen LogP contribution is -2.25. The molecule has 7 heteroatoms. The quantitative estimate of drug-likeness (QED) is 0.738. The minimum atomic E-state index is -0.237. The summed E-state index contributed by atoms with van der Waals surface area (Å²) < 4.78 is 14.9. The standard InChI is InChI=1S/C16H18FN5S/c17-13-7-5-12(6-8-13)15-20-22-14(18-19-16(22)23-15)11-21-9-3-1-2-4-10-21/h5-8H,1-4,9-11H2. The normalized spacial score (nSPS) is 16.7. The number of likely N-dealkylation sites (tertiary alicyclic amines) is 1. The lowest BCUT2D eigenvalue weighted by atomic mass is 10.2. The van der Waals surface area contributed by atoms with E-state index in [-0.39, 0.29) is 5.82 Å². The number of hydrogen-bond acceptors (Lipinski definition) is 5. The van der Waals surface area contributed by atoms with Gasteiger partial charge >= 0.3 is 0 Å². The van der Waals surface area contributed by atoms with Crippen molar-refractivity contribution in [2.24, 2.45) is 0 Å². The van der Waals surface area contributed by atoms with Gasteiger partial charge in [0.25, 0.3) is 0 Å². The van der Waals surface area contributed by atoms with Gasteiger partial charge < -0.3 is 0 Å². The molecule has 1 aliphatic rings. The lowest BCUT2D eigenvalue weighted by molar-refractivity contribution is 0.268. The second kappa shape index (κ2) is 6.33. The third-order valence-corrected chi connectivity index (χ3v) is 5.16. The third-order valence-electron chi connectivity index (χ3n) is 4.21. The summed E-state index contributed by atoms with van der Waals surface area (Å²) in [6.45, 7) is 3.02. The van der Waals surface area contributed by atoms with Gasteiger partial charge in [-0.2, -0.15) is 9.61 Å². The molecule has 0 unspecified atom stereocenters. The molecule has 4 rings (SSSR count). The van der Waals surface area contributed by atoms with Crippen molar-refractivity contribution in [3.8, 4) is 10.6 Å². The van der Waals surface area contributed by atoms with E-state index >= 15 is 0 Å². The predicted octanol–water partition coefficient (Wildman–Crippen LogP) is 3.37. The number of halogens is 1. The van der Waals surface area contributed by atoms with Crippen LogP contribution in [0.2, 0.25) is 0 Å². The Morgan fingerprint density at radius 3 is 2.48 bits per heavy atom. The second-order valence-corrected chi connectivity index (χ2v) is 6.87. The van der Waals surface area contributed by atoms with E-state index in [1.54, 1.807) is 12.1 Å². The van der Waals surface area contributed by atoms with Crippen molar-refractivity contribution in [3.63, 3.8) is 0 Å². The van der Waals surface area contributed by atoms with Gasteiger partial charge in [0.05, 0.1) is 6.54 Å². The van der Waals surface area contributed by atoms with E-state index in [1.807, 2.05) is 4.52 Å². The Morgan fingerprint density at radius 2 is 1.74 bits per heavy atom. The minimum absolute atomic E-state index is 0.237. The van der Waals surface area contributed by atoms with E-state index in [4.69, 9.17) is 0 Å². The Bertz CT molecular complexity index is 787. The first-order chi connectivity index (χ1) is 11.3. The van der Waals surface area contributed by atoms with Gasteiger partial charge in [-0.15, -0.1) is 10.2 Å². The van der Waals surface area contributed by atoms with Crippen molar-refractivity contribution < 1.29 is 4.39 Å². The first-order valence-corrected chi connectivity index (χ1v) is 8.81. The molecule has 5 nitrogen and oxygen atoms in total. The van der Waals surface area contributed by atoms with Crippen molar-refractivity contribution in [2.75, 3.05) is 13.1 Å². The van der Waals surface area contributed by atoms with E-state index in [2.05, 4.69) is 20.2 Å². The van der Waals surface area contributed by atoms with Gasteiger partial charge in [-0.3, -0.25) is 4.90 Å². The number of hydrogen-bond donors (Lipinski definition) is 0. The Labute approximate surface area is 137 Å². The van der Waals surface area contributed by atoms with Crippen LogP contribution in [0.15, 0.2) is 24.3 Å². The van der Waals surface area contributed by atoms with Crippen molar-refractivity contribution in [1.82, 2.24) is 24.7 Å². The maximum absolute atomic E-state index is 13.1. The number of nitrogens with zero attached hydrogens (tertiary/aromatic N) is 5. The molecular weight excluding hydrogens is 313 g/mol. The molecule has 0 spiro atoms. The summed E-state index contributed by atoms with van der Waals surface area (Å²) >= 11 is 1.48. The molecule has 3 heterocycles. The zero-order valence-corrected chi connectivity index (χ0v) is 13.6.